The van der Waals surface area contributed by atoms with Crippen LogP contribution in [0.1, 0.15) is 13.8 Å². The van der Waals surface area contributed by atoms with E-state index in [-0.39, 0.29) is 22.6 Å². The van der Waals surface area contributed by atoms with Gasteiger partial charge >= 0.3 is 0 Å². The van der Waals surface area contributed by atoms with Gasteiger partial charge in [0.25, 0.3) is 10.0 Å². The molecule has 0 radical (unpaired) electrons. The number of nitrogens with zero attached hydrogens (tertiary/aromatic N) is 4. The van der Waals surface area contributed by atoms with Crippen LogP contribution < -0.4 is 0 Å². The van der Waals surface area contributed by atoms with Crippen molar-refractivity contribution in [2.75, 3.05) is 20.1 Å². The number of hydrogen-bond acceptors (Lipinski definition) is 4. The van der Waals surface area contributed by atoms with Crippen LogP contribution in [0.25, 0.3) is 0 Å². The second kappa shape index (κ2) is 4.71. The molecular formula is C11H17ClN4O3S. The summed E-state index contributed by atoms with van der Waals surface area (Å²) in [7, 11) is -0.654. The van der Waals surface area contributed by atoms with E-state index in [4.69, 9.17) is 11.6 Å². The minimum atomic E-state index is -3.91. The third kappa shape index (κ3) is 2.11. The van der Waals surface area contributed by atoms with Gasteiger partial charge < -0.3 is 9.47 Å². The molecule has 2 heterocycles. The number of carbonyl (C=O) groups is 1. The van der Waals surface area contributed by atoms with Gasteiger partial charge in [-0.3, -0.25) is 4.79 Å². The number of rotatable bonds is 2. The molecule has 1 aliphatic rings. The van der Waals surface area contributed by atoms with Gasteiger partial charge in [-0.1, -0.05) is 11.6 Å². The maximum Gasteiger partial charge on any atom is 0.264 e. The van der Waals surface area contributed by atoms with E-state index in [1.807, 2.05) is 0 Å². The molecule has 0 aliphatic carbocycles. The van der Waals surface area contributed by atoms with Crippen molar-refractivity contribution in [3.63, 3.8) is 0 Å². The average Bonchev–Trinajstić information content (AvgIpc) is 2.67. The second-order valence-electron chi connectivity index (χ2n) is 5.31. The number of aryl methyl sites for hydroxylation is 1. The minimum absolute atomic E-state index is 0.0344. The summed E-state index contributed by atoms with van der Waals surface area (Å²) in [6.07, 6.45) is 1.33. The fourth-order valence-electron chi connectivity index (χ4n) is 2.29. The van der Waals surface area contributed by atoms with E-state index in [0.29, 0.717) is 6.54 Å². The smallest absolute Gasteiger partial charge is 0.264 e. The van der Waals surface area contributed by atoms with Gasteiger partial charge in [-0.05, 0) is 13.8 Å². The Morgan fingerprint density at radius 2 is 1.90 bits per heavy atom. The van der Waals surface area contributed by atoms with Crippen LogP contribution in [0.4, 0.5) is 0 Å². The summed E-state index contributed by atoms with van der Waals surface area (Å²) in [6, 6.07) is 0. The highest BCUT2D eigenvalue weighted by molar-refractivity contribution is 7.89. The first-order chi connectivity index (χ1) is 9.10. The molecule has 1 aliphatic heterocycles. The Hall–Kier alpha value is -1.12. The van der Waals surface area contributed by atoms with Crippen LogP contribution in [0.15, 0.2) is 11.4 Å². The highest BCUT2D eigenvalue weighted by Crippen LogP contribution is 2.31. The van der Waals surface area contributed by atoms with Crippen molar-refractivity contribution in [2.45, 2.75) is 24.4 Å². The van der Waals surface area contributed by atoms with Gasteiger partial charge in [-0.25, -0.2) is 13.4 Å². The number of halogens is 1. The summed E-state index contributed by atoms with van der Waals surface area (Å²) >= 11 is 5.97. The summed E-state index contributed by atoms with van der Waals surface area (Å²) in [5.74, 6) is -0.251. The van der Waals surface area contributed by atoms with E-state index in [2.05, 4.69) is 4.98 Å². The lowest BCUT2D eigenvalue weighted by Crippen LogP contribution is -2.63. The molecule has 112 valence electrons. The standard InChI is InChI=1S/C11H17ClN4O3S/c1-11(2)10(17)14(3)5-6-16(11)20(18,19)9-8(12)15(4)7-13-9/h7H,5-6H2,1-4H3. The van der Waals surface area contributed by atoms with Crippen LogP contribution in [0, 0.1) is 0 Å². The highest BCUT2D eigenvalue weighted by Gasteiger charge is 2.48. The molecule has 0 unspecified atom stereocenters. The Labute approximate surface area is 123 Å². The molecule has 0 aromatic carbocycles. The SMILES string of the molecule is CN1CCN(S(=O)(=O)c2ncn(C)c2Cl)C(C)(C)C1=O. The highest BCUT2D eigenvalue weighted by atomic mass is 35.5. The van der Waals surface area contributed by atoms with Crippen molar-refractivity contribution in [2.24, 2.45) is 7.05 Å². The lowest BCUT2D eigenvalue weighted by molar-refractivity contribution is -0.142. The quantitative estimate of drug-likeness (QED) is 0.786. The van der Waals surface area contributed by atoms with Crippen LogP contribution in [0.3, 0.4) is 0 Å². The molecule has 2 rings (SSSR count). The molecule has 1 aromatic heterocycles. The van der Waals surface area contributed by atoms with E-state index >= 15 is 0 Å². The molecule has 1 saturated heterocycles. The van der Waals surface area contributed by atoms with Gasteiger partial charge in [0.1, 0.15) is 10.7 Å². The summed E-state index contributed by atoms with van der Waals surface area (Å²) in [5.41, 5.74) is -1.16. The third-order valence-corrected chi connectivity index (χ3v) is 6.07. The molecule has 0 bridgehead atoms. The van der Waals surface area contributed by atoms with E-state index in [1.54, 1.807) is 27.9 Å². The first-order valence-electron chi connectivity index (χ1n) is 6.05. The molecule has 1 aromatic rings. The normalized spacial score (nSPS) is 20.4. The fourth-order valence-corrected chi connectivity index (χ4v) is 4.42. The zero-order valence-corrected chi connectivity index (χ0v) is 13.4. The van der Waals surface area contributed by atoms with E-state index in [9.17, 15) is 13.2 Å². The summed E-state index contributed by atoms with van der Waals surface area (Å²) < 4.78 is 27.9. The zero-order chi connectivity index (χ0) is 15.3. The van der Waals surface area contributed by atoms with Crippen LogP contribution in [-0.4, -0.2) is 58.8 Å². The number of likely N-dealkylation sites (N-methyl/N-ethyl adjacent to an activating group) is 1. The minimum Gasteiger partial charge on any atom is -0.343 e. The average molecular weight is 321 g/mol. The predicted octanol–water partition coefficient (Wildman–Crippen LogP) is 0.315. The Kier molecular flexibility index (Phi) is 3.60. The fraction of sp³-hybridized carbons (Fsp3) is 0.636. The van der Waals surface area contributed by atoms with Gasteiger partial charge in [0.2, 0.25) is 10.9 Å². The number of aromatic nitrogens is 2. The third-order valence-electron chi connectivity index (χ3n) is 3.50. The topological polar surface area (TPSA) is 75.5 Å². The summed E-state index contributed by atoms with van der Waals surface area (Å²) in [6.45, 7) is 3.72. The number of piperazine rings is 1. The van der Waals surface area contributed by atoms with Crippen molar-refractivity contribution < 1.29 is 13.2 Å². The van der Waals surface area contributed by atoms with E-state index in [1.165, 1.54) is 15.8 Å². The maximum atomic E-state index is 12.7. The van der Waals surface area contributed by atoms with Crippen molar-refractivity contribution in [3.8, 4) is 0 Å². The van der Waals surface area contributed by atoms with Crippen LogP contribution >= 0.6 is 11.6 Å². The largest absolute Gasteiger partial charge is 0.343 e. The summed E-state index contributed by atoms with van der Waals surface area (Å²) in [5, 5.41) is -0.181. The van der Waals surface area contributed by atoms with Gasteiger partial charge in [0, 0.05) is 27.2 Å². The maximum absolute atomic E-state index is 12.7. The molecule has 1 fully saturated rings. The Morgan fingerprint density at radius 3 is 2.40 bits per heavy atom. The van der Waals surface area contributed by atoms with Crippen LogP contribution in [-0.2, 0) is 21.9 Å². The molecule has 7 nitrogen and oxygen atoms in total. The van der Waals surface area contributed by atoms with Crippen LogP contribution in [0.5, 0.6) is 0 Å². The zero-order valence-electron chi connectivity index (χ0n) is 11.8. The monoisotopic (exact) mass is 320 g/mol. The molecule has 1 amide bonds. The second-order valence-corrected chi connectivity index (χ2v) is 7.45. The van der Waals surface area contributed by atoms with Gasteiger partial charge in [0.05, 0.1) is 6.33 Å². The number of sulfonamides is 1. The van der Waals surface area contributed by atoms with E-state index in [0.717, 1.165) is 4.31 Å². The molecule has 0 N–H and O–H groups in total. The van der Waals surface area contributed by atoms with Crippen molar-refractivity contribution in [1.29, 1.82) is 0 Å². The predicted molar refractivity (Wildman–Crippen MR) is 73.8 cm³/mol. The van der Waals surface area contributed by atoms with E-state index < -0.39 is 15.6 Å². The number of carbonyl (C=O) groups excluding carboxylic acids is 1. The van der Waals surface area contributed by atoms with Crippen molar-refractivity contribution in [1.82, 2.24) is 18.8 Å². The molecule has 0 spiro atoms. The van der Waals surface area contributed by atoms with Crippen molar-refractivity contribution in [3.05, 3.63) is 11.5 Å². The van der Waals surface area contributed by atoms with Crippen LogP contribution in [0.2, 0.25) is 5.15 Å². The number of imidazole rings is 1. The molecule has 20 heavy (non-hydrogen) atoms. The van der Waals surface area contributed by atoms with Crippen molar-refractivity contribution >= 4 is 27.5 Å². The Balaban J connectivity index is 2.50. The Morgan fingerprint density at radius 1 is 1.30 bits per heavy atom. The lowest BCUT2D eigenvalue weighted by Gasteiger charge is -2.43. The first kappa shape index (κ1) is 15.3. The lowest BCUT2D eigenvalue weighted by atomic mass is 10.0. The van der Waals surface area contributed by atoms with Gasteiger partial charge in [-0.15, -0.1) is 0 Å². The molecule has 9 heteroatoms. The van der Waals surface area contributed by atoms with Gasteiger partial charge in [-0.2, -0.15) is 4.31 Å². The number of hydrogen-bond donors (Lipinski definition) is 0. The first-order valence-corrected chi connectivity index (χ1v) is 7.87. The van der Waals surface area contributed by atoms with Gasteiger partial charge in [0.15, 0.2) is 0 Å². The Bertz CT molecular complexity index is 653. The molecule has 0 saturated carbocycles. The number of amides is 1. The molecule has 0 atom stereocenters. The molecular weight excluding hydrogens is 304 g/mol. The summed E-state index contributed by atoms with van der Waals surface area (Å²) in [4.78, 5) is 17.6.